The van der Waals surface area contributed by atoms with Crippen molar-refractivity contribution in [2.45, 2.75) is 46.1 Å². The zero-order chi connectivity index (χ0) is 13.0. The lowest BCUT2D eigenvalue weighted by molar-refractivity contribution is 0.0300. The molecule has 1 aromatic rings. The Labute approximate surface area is 109 Å². The van der Waals surface area contributed by atoms with E-state index in [1.165, 1.54) is 12.8 Å². The van der Waals surface area contributed by atoms with Crippen LogP contribution in [0.3, 0.4) is 0 Å². The second-order valence-corrected chi connectivity index (χ2v) is 6.71. The lowest BCUT2D eigenvalue weighted by Gasteiger charge is -2.38. The van der Waals surface area contributed by atoms with Crippen molar-refractivity contribution in [1.29, 1.82) is 0 Å². The summed E-state index contributed by atoms with van der Waals surface area (Å²) >= 11 is 0. The van der Waals surface area contributed by atoms with Crippen LogP contribution in [0, 0.1) is 16.7 Å². The molecule has 2 saturated carbocycles. The van der Waals surface area contributed by atoms with E-state index in [1.807, 2.05) is 12.1 Å². The summed E-state index contributed by atoms with van der Waals surface area (Å²) in [6.07, 6.45) is 4.03. The number of hydrogen-bond acceptors (Lipinski definition) is 2. The lowest BCUT2D eigenvalue weighted by atomic mass is 9.70. The minimum atomic E-state index is 0.267. The summed E-state index contributed by atoms with van der Waals surface area (Å²) < 4.78 is 6.17. The van der Waals surface area contributed by atoms with Crippen molar-refractivity contribution in [2.75, 3.05) is 0 Å². The highest BCUT2D eigenvalue weighted by Crippen LogP contribution is 2.66. The summed E-state index contributed by atoms with van der Waals surface area (Å²) in [4.78, 5) is 0. The van der Waals surface area contributed by atoms with Crippen LogP contribution < -0.4 is 4.74 Å². The van der Waals surface area contributed by atoms with Crippen LogP contribution in [-0.2, 0) is 0 Å². The maximum absolute atomic E-state index is 9.51. The molecule has 2 nitrogen and oxygen atoms in total. The van der Waals surface area contributed by atoms with Gasteiger partial charge in [-0.05, 0) is 42.7 Å². The topological polar surface area (TPSA) is 29.5 Å². The minimum absolute atomic E-state index is 0.267. The molecule has 0 heterocycles. The molecule has 18 heavy (non-hydrogen) atoms. The van der Waals surface area contributed by atoms with Gasteiger partial charge in [0.2, 0.25) is 0 Å². The smallest absolute Gasteiger partial charge is 0.123 e. The Hall–Kier alpha value is -1.18. The van der Waals surface area contributed by atoms with Gasteiger partial charge in [0.25, 0.3) is 0 Å². The van der Waals surface area contributed by atoms with Gasteiger partial charge in [0.05, 0.1) is 0 Å². The molecule has 0 amide bonds. The van der Waals surface area contributed by atoms with E-state index in [-0.39, 0.29) is 17.3 Å². The molecule has 0 aliphatic heterocycles. The van der Waals surface area contributed by atoms with Crippen LogP contribution >= 0.6 is 0 Å². The minimum Gasteiger partial charge on any atom is -0.508 e. The summed E-state index contributed by atoms with van der Waals surface area (Å²) in [5.41, 5.74) is 0.637. The van der Waals surface area contributed by atoms with E-state index >= 15 is 0 Å². The molecule has 0 radical (unpaired) electrons. The van der Waals surface area contributed by atoms with E-state index in [2.05, 4.69) is 20.8 Å². The van der Waals surface area contributed by atoms with Gasteiger partial charge in [-0.3, -0.25) is 0 Å². The third kappa shape index (κ3) is 1.47. The first-order valence-electron chi connectivity index (χ1n) is 6.89. The van der Waals surface area contributed by atoms with E-state index in [0.717, 1.165) is 18.1 Å². The molecular weight excluding hydrogens is 224 g/mol. The normalized spacial score (nSPS) is 36.8. The second-order valence-electron chi connectivity index (χ2n) is 6.71. The maximum atomic E-state index is 9.51. The van der Waals surface area contributed by atoms with Crippen LogP contribution in [0.15, 0.2) is 24.3 Å². The van der Waals surface area contributed by atoms with E-state index in [0.29, 0.717) is 5.41 Å². The highest BCUT2D eigenvalue weighted by Gasteiger charge is 2.62. The van der Waals surface area contributed by atoms with Crippen molar-refractivity contribution in [3.05, 3.63) is 24.3 Å². The molecule has 0 spiro atoms. The summed E-state index contributed by atoms with van der Waals surface area (Å²) in [7, 11) is 0. The fraction of sp³-hybridized carbons (Fsp3) is 0.625. The predicted molar refractivity (Wildman–Crippen MR) is 71.8 cm³/mol. The second kappa shape index (κ2) is 3.66. The van der Waals surface area contributed by atoms with Gasteiger partial charge in [0.1, 0.15) is 17.6 Å². The van der Waals surface area contributed by atoms with Crippen molar-refractivity contribution < 1.29 is 9.84 Å². The molecule has 2 aliphatic carbocycles. The molecule has 98 valence electrons. The zero-order valence-electron chi connectivity index (χ0n) is 11.4. The van der Waals surface area contributed by atoms with Gasteiger partial charge in [0, 0.05) is 11.5 Å². The molecule has 2 fully saturated rings. The number of fused-ring (bicyclic) bond motifs is 2. The van der Waals surface area contributed by atoms with Crippen molar-refractivity contribution in [2.24, 2.45) is 16.7 Å². The van der Waals surface area contributed by atoms with Gasteiger partial charge >= 0.3 is 0 Å². The first kappa shape index (κ1) is 11.9. The van der Waals surface area contributed by atoms with E-state index in [1.54, 1.807) is 12.1 Å². The molecule has 2 aliphatic rings. The number of ether oxygens (including phenoxy) is 1. The molecule has 3 atom stereocenters. The molecule has 0 saturated heterocycles. The van der Waals surface area contributed by atoms with Crippen LogP contribution in [0.25, 0.3) is 0 Å². The first-order valence-corrected chi connectivity index (χ1v) is 6.89. The SMILES string of the molecule is CC1(C)C2CCC1(C)C(Oc1cccc(O)c1)C2. The fourth-order valence-corrected chi connectivity index (χ4v) is 4.03. The number of hydrogen-bond donors (Lipinski definition) is 1. The maximum Gasteiger partial charge on any atom is 0.123 e. The largest absolute Gasteiger partial charge is 0.508 e. The monoisotopic (exact) mass is 246 g/mol. The number of aromatic hydroxyl groups is 1. The van der Waals surface area contributed by atoms with Gasteiger partial charge in [-0.15, -0.1) is 0 Å². The van der Waals surface area contributed by atoms with Crippen molar-refractivity contribution in [1.82, 2.24) is 0 Å². The number of phenolic OH excluding ortho intramolecular Hbond substituents is 1. The van der Waals surface area contributed by atoms with Gasteiger partial charge in [0.15, 0.2) is 0 Å². The van der Waals surface area contributed by atoms with Crippen molar-refractivity contribution >= 4 is 0 Å². The van der Waals surface area contributed by atoms with Gasteiger partial charge in [-0.25, -0.2) is 0 Å². The molecule has 0 aromatic heterocycles. The average Bonchev–Trinajstić information content (AvgIpc) is 2.62. The van der Waals surface area contributed by atoms with E-state index in [9.17, 15) is 5.11 Å². The zero-order valence-corrected chi connectivity index (χ0v) is 11.4. The summed E-state index contributed by atoms with van der Waals surface area (Å²) in [6.45, 7) is 7.14. The number of rotatable bonds is 2. The molecule has 1 aromatic carbocycles. The van der Waals surface area contributed by atoms with E-state index in [4.69, 9.17) is 4.74 Å². The Balaban J connectivity index is 1.84. The highest BCUT2D eigenvalue weighted by atomic mass is 16.5. The summed E-state index contributed by atoms with van der Waals surface area (Å²) in [6, 6.07) is 7.16. The van der Waals surface area contributed by atoms with E-state index < -0.39 is 0 Å². The molecular formula is C16H22O2. The quantitative estimate of drug-likeness (QED) is 0.855. The van der Waals surface area contributed by atoms with Crippen molar-refractivity contribution in [3.63, 3.8) is 0 Å². The lowest BCUT2D eigenvalue weighted by Crippen LogP contribution is -2.38. The molecule has 2 bridgehead atoms. The number of benzene rings is 1. The third-order valence-electron chi connectivity index (χ3n) is 5.81. The first-order chi connectivity index (χ1) is 8.43. The summed E-state index contributed by atoms with van der Waals surface area (Å²) in [5.74, 6) is 1.86. The van der Waals surface area contributed by atoms with Crippen LogP contribution in [0.5, 0.6) is 11.5 Å². The Bertz CT molecular complexity index is 466. The predicted octanol–water partition coefficient (Wildman–Crippen LogP) is 3.99. The molecule has 1 N–H and O–H groups in total. The Morgan fingerprint density at radius 2 is 2.06 bits per heavy atom. The van der Waals surface area contributed by atoms with Crippen LogP contribution in [0.4, 0.5) is 0 Å². The Morgan fingerprint density at radius 1 is 1.28 bits per heavy atom. The highest BCUT2D eigenvalue weighted by molar-refractivity contribution is 5.32. The molecule has 3 unspecified atom stereocenters. The summed E-state index contributed by atoms with van der Waals surface area (Å²) in [5, 5.41) is 9.51. The van der Waals surface area contributed by atoms with Crippen molar-refractivity contribution in [3.8, 4) is 11.5 Å². The average molecular weight is 246 g/mol. The molecule has 2 heteroatoms. The number of phenols is 1. The Morgan fingerprint density at radius 3 is 2.61 bits per heavy atom. The van der Waals surface area contributed by atoms with Gasteiger partial charge in [-0.2, -0.15) is 0 Å². The van der Waals surface area contributed by atoms with Crippen LogP contribution in [0.2, 0.25) is 0 Å². The molecule has 3 rings (SSSR count). The van der Waals surface area contributed by atoms with Crippen LogP contribution in [0.1, 0.15) is 40.0 Å². The van der Waals surface area contributed by atoms with Gasteiger partial charge < -0.3 is 9.84 Å². The van der Waals surface area contributed by atoms with Crippen LogP contribution in [-0.4, -0.2) is 11.2 Å². The third-order valence-corrected chi connectivity index (χ3v) is 5.81. The fourth-order valence-electron chi connectivity index (χ4n) is 4.03. The van der Waals surface area contributed by atoms with Gasteiger partial charge in [-0.1, -0.05) is 26.8 Å². The standard InChI is InChI=1S/C16H22O2/c1-15(2)11-7-8-16(15,3)14(9-11)18-13-6-4-5-12(17)10-13/h4-6,10-11,14,17H,7-9H2,1-3H3. The Kier molecular flexibility index (Phi) is 2.42.